The van der Waals surface area contributed by atoms with E-state index in [4.69, 9.17) is 10.5 Å². The number of carbonyl (C=O) groups excluding carboxylic acids is 1. The minimum absolute atomic E-state index is 0.00594. The van der Waals surface area contributed by atoms with E-state index in [1.54, 1.807) is 11.0 Å². The first-order chi connectivity index (χ1) is 16.8. The van der Waals surface area contributed by atoms with Crippen molar-refractivity contribution in [1.29, 1.82) is 0 Å². The lowest BCUT2D eigenvalue weighted by molar-refractivity contribution is 0.0977. The quantitative estimate of drug-likeness (QED) is 0.400. The van der Waals surface area contributed by atoms with Crippen molar-refractivity contribution >= 4 is 24.4 Å². The number of rotatable bonds is 5. The molecule has 1 amide bonds. The summed E-state index contributed by atoms with van der Waals surface area (Å²) in [5.74, 6) is -0.00594. The highest BCUT2D eigenvalue weighted by atomic mass is 19.4. The molecule has 1 saturated heterocycles. The van der Waals surface area contributed by atoms with Crippen molar-refractivity contribution in [2.45, 2.75) is 12.2 Å². The number of nitrogens with two attached hydrogens (primary N) is 1. The maximum atomic E-state index is 12.9. The first-order valence-corrected chi connectivity index (χ1v) is 11.7. The highest BCUT2D eigenvalue weighted by Gasteiger charge is 2.30. The van der Waals surface area contributed by atoms with Crippen molar-refractivity contribution < 1.29 is 22.5 Å². The number of anilines is 2. The fourth-order valence-electron chi connectivity index (χ4n) is 5.10. The number of benzene rings is 3. The first-order valence-electron chi connectivity index (χ1n) is 11.7. The van der Waals surface area contributed by atoms with Crippen LogP contribution in [0.3, 0.4) is 0 Å². The molecular weight excluding hydrogens is 454 g/mol. The van der Waals surface area contributed by atoms with Crippen LogP contribution in [0.5, 0.6) is 0 Å². The number of fused-ring (bicyclic) bond motifs is 3. The van der Waals surface area contributed by atoms with Gasteiger partial charge in [0.25, 0.3) is 0 Å². The van der Waals surface area contributed by atoms with Crippen molar-refractivity contribution in [3.05, 3.63) is 83.4 Å². The van der Waals surface area contributed by atoms with Gasteiger partial charge in [0.2, 0.25) is 0 Å². The predicted octanol–water partition coefficient (Wildman–Crippen LogP) is 5.27. The average molecular weight is 480 g/mol. The number of halogens is 3. The van der Waals surface area contributed by atoms with Gasteiger partial charge < -0.3 is 33.2 Å². The summed E-state index contributed by atoms with van der Waals surface area (Å²) in [6.07, 6.45) is -1.34. The maximum Gasteiger partial charge on any atom is 0.482 e. The average Bonchev–Trinajstić information content (AvgIpc) is 3.15. The van der Waals surface area contributed by atoms with Crippen LogP contribution in [0.25, 0.3) is 11.1 Å². The SMILES string of the molecule is Nc1cc(C[B-](F)(F)F)cc(N2CCN(C(=O)OCC3c4ccccc4-c4ccccc43)CC2)c1. The number of nitrogen functional groups attached to an aromatic ring is 1. The first kappa shape index (κ1) is 23.1. The molecule has 3 aromatic rings. The van der Waals surface area contributed by atoms with Crippen molar-refractivity contribution in [3.8, 4) is 11.1 Å². The van der Waals surface area contributed by atoms with Gasteiger partial charge >= 0.3 is 13.1 Å². The third-order valence-corrected chi connectivity index (χ3v) is 6.71. The van der Waals surface area contributed by atoms with Crippen LogP contribution in [0.2, 0.25) is 0 Å². The van der Waals surface area contributed by atoms with E-state index in [9.17, 15) is 17.7 Å². The topological polar surface area (TPSA) is 58.8 Å². The van der Waals surface area contributed by atoms with Crippen LogP contribution in [0.4, 0.5) is 29.1 Å². The fraction of sp³-hybridized carbons (Fsp3) is 0.269. The smallest absolute Gasteiger partial charge is 0.449 e. The Labute approximate surface area is 202 Å². The summed E-state index contributed by atoms with van der Waals surface area (Å²) in [5, 5.41) is 0. The summed E-state index contributed by atoms with van der Waals surface area (Å²) in [6.45, 7) is -2.86. The van der Waals surface area contributed by atoms with Gasteiger partial charge in [-0.1, -0.05) is 60.4 Å². The molecule has 0 radical (unpaired) electrons. The standard InChI is InChI=1S/C26H26BF3N3O2/c28-27(29,30)16-18-13-19(31)15-20(14-18)32-9-11-33(12-10-32)26(34)35-17-25-23-7-3-1-5-21(23)22-6-2-4-8-24(22)25/h1-8,13-15,25H,9-12,16-17,31H2/q-1. The Morgan fingerprint density at radius 1 is 0.914 bits per heavy atom. The lowest BCUT2D eigenvalue weighted by atomic mass is 9.81. The lowest BCUT2D eigenvalue weighted by Gasteiger charge is -2.36. The van der Waals surface area contributed by atoms with Gasteiger partial charge in [-0.3, -0.25) is 0 Å². The van der Waals surface area contributed by atoms with Crippen LogP contribution >= 0.6 is 0 Å². The molecule has 1 aliphatic carbocycles. The van der Waals surface area contributed by atoms with E-state index in [0.29, 0.717) is 37.6 Å². The summed E-state index contributed by atoms with van der Waals surface area (Å²) < 4.78 is 44.4. The molecular formula is C26H26BF3N3O2-. The third-order valence-electron chi connectivity index (χ3n) is 6.71. The highest BCUT2D eigenvalue weighted by Crippen LogP contribution is 2.44. The monoisotopic (exact) mass is 480 g/mol. The number of piperazine rings is 1. The zero-order valence-corrected chi connectivity index (χ0v) is 19.2. The van der Waals surface area contributed by atoms with Gasteiger partial charge in [-0.05, 0) is 40.5 Å². The Morgan fingerprint density at radius 2 is 1.51 bits per heavy atom. The van der Waals surface area contributed by atoms with E-state index in [1.165, 1.54) is 23.3 Å². The molecule has 35 heavy (non-hydrogen) atoms. The normalized spacial score (nSPS) is 15.6. The van der Waals surface area contributed by atoms with E-state index >= 15 is 0 Å². The molecule has 0 spiro atoms. The minimum Gasteiger partial charge on any atom is -0.449 e. The van der Waals surface area contributed by atoms with Crippen LogP contribution < -0.4 is 10.6 Å². The number of amides is 1. The second-order valence-corrected chi connectivity index (χ2v) is 9.13. The van der Waals surface area contributed by atoms with Crippen molar-refractivity contribution in [2.75, 3.05) is 43.4 Å². The molecule has 0 atom stereocenters. The molecule has 9 heteroatoms. The Morgan fingerprint density at radius 3 is 2.11 bits per heavy atom. The van der Waals surface area contributed by atoms with Crippen molar-refractivity contribution in [3.63, 3.8) is 0 Å². The Hall–Kier alpha value is -3.62. The molecule has 0 bridgehead atoms. The van der Waals surface area contributed by atoms with Crippen LogP contribution in [0.15, 0.2) is 66.7 Å². The number of ether oxygens (including phenoxy) is 1. The summed E-state index contributed by atoms with van der Waals surface area (Å²) in [4.78, 5) is 16.4. The van der Waals surface area contributed by atoms with E-state index < -0.39 is 13.3 Å². The van der Waals surface area contributed by atoms with Crippen LogP contribution in [-0.4, -0.2) is 50.8 Å². The van der Waals surface area contributed by atoms with Gasteiger partial charge in [0.15, 0.2) is 0 Å². The van der Waals surface area contributed by atoms with Gasteiger partial charge in [-0.15, -0.1) is 0 Å². The van der Waals surface area contributed by atoms with E-state index in [-0.39, 0.29) is 24.2 Å². The largest absolute Gasteiger partial charge is 0.482 e. The summed E-state index contributed by atoms with van der Waals surface area (Å²) in [6, 6.07) is 20.9. The molecule has 0 saturated carbocycles. The molecule has 1 heterocycles. The molecule has 182 valence electrons. The van der Waals surface area contributed by atoms with Crippen molar-refractivity contribution in [2.24, 2.45) is 0 Å². The molecule has 5 rings (SSSR count). The maximum absolute atomic E-state index is 12.9. The summed E-state index contributed by atoms with van der Waals surface area (Å²) in [5.41, 5.74) is 11.6. The van der Waals surface area contributed by atoms with Crippen LogP contribution in [-0.2, 0) is 11.1 Å². The number of hydrogen-bond acceptors (Lipinski definition) is 4. The number of nitrogens with zero attached hydrogens (tertiary/aromatic N) is 2. The van der Waals surface area contributed by atoms with Crippen molar-refractivity contribution in [1.82, 2.24) is 4.90 Å². The molecule has 0 unspecified atom stereocenters. The second-order valence-electron chi connectivity index (χ2n) is 9.13. The molecule has 0 aromatic heterocycles. The zero-order chi connectivity index (χ0) is 24.6. The number of hydrogen-bond donors (Lipinski definition) is 1. The second kappa shape index (κ2) is 9.21. The minimum atomic E-state index is -4.94. The molecule has 5 nitrogen and oxygen atoms in total. The summed E-state index contributed by atoms with van der Waals surface area (Å²) in [7, 11) is 0. The Balaban J connectivity index is 1.20. The van der Waals surface area contributed by atoms with Gasteiger partial charge in [0.05, 0.1) is 0 Å². The van der Waals surface area contributed by atoms with Gasteiger partial charge in [0, 0.05) is 43.5 Å². The molecule has 2 N–H and O–H groups in total. The molecule has 3 aromatic carbocycles. The lowest BCUT2D eigenvalue weighted by Crippen LogP contribution is -2.49. The fourth-order valence-corrected chi connectivity index (χ4v) is 5.10. The number of carbonyl (C=O) groups is 1. The summed E-state index contributed by atoms with van der Waals surface area (Å²) >= 11 is 0. The Bertz CT molecular complexity index is 1200. The van der Waals surface area contributed by atoms with E-state index in [1.807, 2.05) is 29.2 Å². The van der Waals surface area contributed by atoms with E-state index in [0.717, 1.165) is 11.1 Å². The van der Waals surface area contributed by atoms with Crippen LogP contribution in [0, 0.1) is 0 Å². The van der Waals surface area contributed by atoms with Crippen LogP contribution in [0.1, 0.15) is 22.6 Å². The third kappa shape index (κ3) is 4.94. The zero-order valence-electron chi connectivity index (χ0n) is 19.2. The van der Waals surface area contributed by atoms with E-state index in [2.05, 4.69) is 24.3 Å². The van der Waals surface area contributed by atoms with Gasteiger partial charge in [-0.25, -0.2) is 4.79 Å². The highest BCUT2D eigenvalue weighted by molar-refractivity contribution is 6.57. The molecule has 1 fully saturated rings. The van der Waals surface area contributed by atoms with Gasteiger partial charge in [0.1, 0.15) is 6.61 Å². The van der Waals surface area contributed by atoms with Gasteiger partial charge in [-0.2, -0.15) is 0 Å². The molecule has 1 aliphatic heterocycles. The molecule has 2 aliphatic rings. The Kier molecular flexibility index (Phi) is 6.09. The predicted molar refractivity (Wildman–Crippen MR) is 132 cm³/mol.